The summed E-state index contributed by atoms with van der Waals surface area (Å²) >= 11 is 0. The van der Waals surface area contributed by atoms with Crippen LogP contribution in [0.1, 0.15) is 56.1 Å². The van der Waals surface area contributed by atoms with Gasteiger partial charge in [0.1, 0.15) is 5.82 Å². The third-order valence-electron chi connectivity index (χ3n) is 6.49. The van der Waals surface area contributed by atoms with E-state index < -0.39 is 11.7 Å². The molecule has 1 saturated carbocycles. The minimum atomic E-state index is -4.47. The number of halogens is 3. The third-order valence-corrected chi connectivity index (χ3v) is 6.49. The number of alkyl halides is 3. The van der Waals surface area contributed by atoms with Crippen molar-refractivity contribution in [1.82, 2.24) is 9.88 Å². The zero-order valence-corrected chi connectivity index (χ0v) is 18.2. The van der Waals surface area contributed by atoms with E-state index in [1.54, 1.807) is 9.80 Å². The summed E-state index contributed by atoms with van der Waals surface area (Å²) in [7, 11) is 0. The average molecular weight is 447 g/mol. The van der Waals surface area contributed by atoms with Crippen LogP contribution in [0.4, 0.5) is 29.5 Å². The smallest absolute Gasteiger partial charge is 0.352 e. The molecule has 0 unspecified atom stereocenters. The number of amides is 2. The van der Waals surface area contributed by atoms with E-state index in [1.165, 1.54) is 49.9 Å². The number of anilines is 2. The number of urea groups is 1. The molecular weight excluding hydrogens is 417 g/mol. The first-order valence-corrected chi connectivity index (χ1v) is 11.3. The van der Waals surface area contributed by atoms with E-state index >= 15 is 0 Å². The summed E-state index contributed by atoms with van der Waals surface area (Å²) in [5, 5.41) is 2.98. The highest BCUT2D eigenvalue weighted by Gasteiger charge is 2.37. The van der Waals surface area contributed by atoms with Crippen molar-refractivity contribution in [3.05, 3.63) is 53.7 Å². The van der Waals surface area contributed by atoms with E-state index in [4.69, 9.17) is 0 Å². The summed E-state index contributed by atoms with van der Waals surface area (Å²) in [4.78, 5) is 20.2. The predicted molar refractivity (Wildman–Crippen MR) is 119 cm³/mol. The number of nitrogens with zero attached hydrogens (tertiary/aromatic N) is 3. The molecule has 2 heterocycles. The van der Waals surface area contributed by atoms with E-state index in [2.05, 4.69) is 22.4 Å². The Morgan fingerprint density at radius 2 is 1.88 bits per heavy atom. The molecule has 1 atom stereocenters. The van der Waals surface area contributed by atoms with E-state index in [1.807, 2.05) is 19.1 Å². The topological polar surface area (TPSA) is 48.5 Å². The van der Waals surface area contributed by atoms with Crippen molar-refractivity contribution in [2.45, 2.75) is 57.2 Å². The highest BCUT2D eigenvalue weighted by atomic mass is 19.4. The standard InChI is InChI=1S/C24H29F3N4O/c1-17-16-30(22-21(24(25,26)27)11-6-12-28-22)13-14-31(17)23(32)29-20-10-5-9-19(15-20)18-7-3-2-4-8-18/h5-6,9-12,15,17-18H,2-4,7-8,13-14,16H2,1H3,(H,29,32)/t17-/m1/s1. The Bertz CT molecular complexity index is 943. The second kappa shape index (κ2) is 9.38. The van der Waals surface area contributed by atoms with Crippen molar-refractivity contribution >= 4 is 17.5 Å². The van der Waals surface area contributed by atoms with Crippen LogP contribution in [0, 0.1) is 0 Å². The Hall–Kier alpha value is -2.77. The number of piperazine rings is 1. The number of hydrogen-bond donors (Lipinski definition) is 1. The summed E-state index contributed by atoms with van der Waals surface area (Å²) in [6.07, 6.45) is 3.05. The van der Waals surface area contributed by atoms with Crippen molar-refractivity contribution in [2.24, 2.45) is 0 Å². The van der Waals surface area contributed by atoms with Gasteiger partial charge >= 0.3 is 12.2 Å². The number of benzene rings is 1. The lowest BCUT2D eigenvalue weighted by Gasteiger charge is -2.40. The highest BCUT2D eigenvalue weighted by Crippen LogP contribution is 2.36. The molecule has 1 aliphatic heterocycles. The van der Waals surface area contributed by atoms with Crippen molar-refractivity contribution in [1.29, 1.82) is 0 Å². The molecule has 172 valence electrons. The second-order valence-corrected chi connectivity index (χ2v) is 8.75. The zero-order chi connectivity index (χ0) is 22.7. The van der Waals surface area contributed by atoms with Crippen LogP contribution in [-0.4, -0.2) is 41.6 Å². The van der Waals surface area contributed by atoms with Crippen LogP contribution in [-0.2, 0) is 6.18 Å². The van der Waals surface area contributed by atoms with Gasteiger partial charge < -0.3 is 15.1 Å². The van der Waals surface area contributed by atoms with Crippen molar-refractivity contribution < 1.29 is 18.0 Å². The molecular formula is C24H29F3N4O. The van der Waals surface area contributed by atoms with E-state index in [-0.39, 0.29) is 24.4 Å². The van der Waals surface area contributed by atoms with Gasteiger partial charge in [-0.15, -0.1) is 0 Å². The third kappa shape index (κ3) is 5.00. The van der Waals surface area contributed by atoms with Gasteiger partial charge in [-0.05, 0) is 55.5 Å². The molecule has 4 rings (SSSR count). The van der Waals surface area contributed by atoms with Crippen molar-refractivity contribution in [3.8, 4) is 0 Å². The van der Waals surface area contributed by atoms with Crippen LogP contribution in [0.15, 0.2) is 42.6 Å². The molecule has 1 saturated heterocycles. The van der Waals surface area contributed by atoms with E-state index in [0.29, 0.717) is 19.0 Å². The van der Waals surface area contributed by atoms with Crippen molar-refractivity contribution in [2.75, 3.05) is 29.9 Å². The van der Waals surface area contributed by atoms with Gasteiger partial charge in [-0.1, -0.05) is 31.4 Å². The number of pyridine rings is 1. The lowest BCUT2D eigenvalue weighted by Crippen LogP contribution is -2.55. The molecule has 2 aromatic rings. The van der Waals surface area contributed by atoms with Gasteiger partial charge in [0.25, 0.3) is 0 Å². The summed E-state index contributed by atoms with van der Waals surface area (Å²) in [6, 6.07) is 9.89. The largest absolute Gasteiger partial charge is 0.419 e. The molecule has 0 bridgehead atoms. The lowest BCUT2D eigenvalue weighted by atomic mass is 9.84. The summed E-state index contributed by atoms with van der Waals surface area (Å²) in [5.41, 5.74) is 1.27. The van der Waals surface area contributed by atoms with Gasteiger partial charge in [0, 0.05) is 37.6 Å². The molecule has 1 N–H and O–H groups in total. The first-order valence-electron chi connectivity index (χ1n) is 11.3. The highest BCUT2D eigenvalue weighted by molar-refractivity contribution is 5.89. The number of nitrogens with one attached hydrogen (secondary N) is 1. The molecule has 32 heavy (non-hydrogen) atoms. The monoisotopic (exact) mass is 446 g/mol. The molecule has 1 aliphatic carbocycles. The Labute approximate surface area is 186 Å². The molecule has 8 heteroatoms. The Morgan fingerprint density at radius 1 is 1.09 bits per heavy atom. The zero-order valence-electron chi connectivity index (χ0n) is 18.2. The summed E-state index contributed by atoms with van der Waals surface area (Å²) in [5.74, 6) is 0.469. The van der Waals surface area contributed by atoms with Gasteiger partial charge in [-0.2, -0.15) is 13.2 Å². The maximum absolute atomic E-state index is 13.4. The molecule has 2 amide bonds. The summed E-state index contributed by atoms with van der Waals surface area (Å²) < 4.78 is 40.1. The Morgan fingerprint density at radius 3 is 2.59 bits per heavy atom. The van der Waals surface area contributed by atoms with Gasteiger partial charge in [0.15, 0.2) is 0 Å². The SMILES string of the molecule is C[C@@H]1CN(c2ncccc2C(F)(F)F)CCN1C(=O)Nc1cccc(C2CCCCC2)c1. The first-order chi connectivity index (χ1) is 15.3. The lowest BCUT2D eigenvalue weighted by molar-refractivity contribution is -0.137. The van der Waals surface area contributed by atoms with Crippen LogP contribution in [0.25, 0.3) is 0 Å². The fourth-order valence-corrected chi connectivity index (χ4v) is 4.82. The van der Waals surface area contributed by atoms with E-state index in [0.717, 1.165) is 11.8 Å². The second-order valence-electron chi connectivity index (χ2n) is 8.75. The molecule has 1 aromatic carbocycles. The number of hydrogen-bond acceptors (Lipinski definition) is 3. The van der Waals surface area contributed by atoms with Crippen LogP contribution >= 0.6 is 0 Å². The molecule has 2 aliphatic rings. The molecule has 5 nitrogen and oxygen atoms in total. The number of rotatable bonds is 3. The average Bonchev–Trinajstić information content (AvgIpc) is 2.79. The van der Waals surface area contributed by atoms with Crippen molar-refractivity contribution in [3.63, 3.8) is 0 Å². The fraction of sp³-hybridized carbons (Fsp3) is 0.500. The Kier molecular flexibility index (Phi) is 6.58. The predicted octanol–water partition coefficient (Wildman–Crippen LogP) is 5.89. The van der Waals surface area contributed by atoms with E-state index in [9.17, 15) is 18.0 Å². The normalized spacial score (nSPS) is 20.3. The van der Waals surface area contributed by atoms with Gasteiger partial charge in [-0.3, -0.25) is 0 Å². The minimum Gasteiger partial charge on any atom is -0.352 e. The fourth-order valence-electron chi connectivity index (χ4n) is 4.82. The number of carbonyl (C=O) groups is 1. The van der Waals surface area contributed by atoms with Crippen LogP contribution in [0.3, 0.4) is 0 Å². The van der Waals surface area contributed by atoms with Crippen LogP contribution in [0.2, 0.25) is 0 Å². The minimum absolute atomic E-state index is 0.0768. The molecule has 0 spiro atoms. The maximum atomic E-state index is 13.4. The van der Waals surface area contributed by atoms with Gasteiger partial charge in [0.2, 0.25) is 0 Å². The first kappa shape index (κ1) is 22.4. The molecule has 2 fully saturated rings. The quantitative estimate of drug-likeness (QED) is 0.640. The number of carbonyl (C=O) groups excluding carboxylic acids is 1. The molecule has 1 aromatic heterocycles. The number of aromatic nitrogens is 1. The van der Waals surface area contributed by atoms with Crippen LogP contribution < -0.4 is 10.2 Å². The summed E-state index contributed by atoms with van der Waals surface area (Å²) in [6.45, 7) is 2.75. The maximum Gasteiger partial charge on any atom is 0.419 e. The Balaban J connectivity index is 1.41. The van der Waals surface area contributed by atoms with Crippen LogP contribution in [0.5, 0.6) is 0 Å². The van der Waals surface area contributed by atoms with Gasteiger partial charge in [0.05, 0.1) is 5.56 Å². The molecule has 0 radical (unpaired) electrons. The van der Waals surface area contributed by atoms with Gasteiger partial charge in [-0.25, -0.2) is 9.78 Å².